The molecule has 1 fully saturated rings. The van der Waals surface area contributed by atoms with Gasteiger partial charge in [-0.3, -0.25) is 19.8 Å². The fraction of sp³-hybridized carbons (Fsp3) is 0.0588. The Kier molecular flexibility index (Phi) is 5.70. The summed E-state index contributed by atoms with van der Waals surface area (Å²) in [4.78, 5) is 24.8. The Bertz CT molecular complexity index is 898. The van der Waals surface area contributed by atoms with Crippen LogP contribution < -0.4 is 5.32 Å². The molecule has 26 heavy (non-hydrogen) atoms. The molecule has 1 amide bonds. The molecule has 1 heterocycles. The van der Waals surface area contributed by atoms with Gasteiger partial charge in [0.15, 0.2) is 0 Å². The number of thiocarbonyl (C=S) groups is 1. The molecule has 2 aromatic rings. The van der Waals surface area contributed by atoms with Crippen molar-refractivity contribution in [3.63, 3.8) is 0 Å². The number of nitrogens with zero attached hydrogens (tertiary/aromatic N) is 2. The van der Waals surface area contributed by atoms with Crippen molar-refractivity contribution in [2.24, 2.45) is 0 Å². The zero-order valence-electron chi connectivity index (χ0n) is 13.2. The second kappa shape index (κ2) is 7.98. The molecule has 0 unspecified atom stereocenters. The Balaban J connectivity index is 1.69. The van der Waals surface area contributed by atoms with Crippen molar-refractivity contribution in [1.82, 2.24) is 4.90 Å². The predicted molar refractivity (Wildman–Crippen MR) is 111 cm³/mol. The van der Waals surface area contributed by atoms with Gasteiger partial charge in [-0.15, -0.1) is 0 Å². The van der Waals surface area contributed by atoms with Crippen molar-refractivity contribution in [2.75, 3.05) is 12.0 Å². The van der Waals surface area contributed by atoms with Crippen LogP contribution in [0.1, 0.15) is 5.56 Å². The minimum atomic E-state index is -0.461. The van der Waals surface area contributed by atoms with Gasteiger partial charge in [0, 0.05) is 22.3 Å². The van der Waals surface area contributed by atoms with Gasteiger partial charge in [-0.05, 0) is 48.0 Å². The number of hydrogen-bond acceptors (Lipinski definition) is 6. The molecule has 0 radical (unpaired) electrons. The first-order valence-electron chi connectivity index (χ1n) is 7.43. The predicted octanol–water partition coefficient (Wildman–Crippen LogP) is 4.63. The monoisotopic (exact) mass is 449 g/mol. The summed E-state index contributed by atoms with van der Waals surface area (Å²) in [5, 5.41) is 13.9. The fourth-order valence-electron chi connectivity index (χ4n) is 2.22. The van der Waals surface area contributed by atoms with E-state index in [0.717, 1.165) is 10.2 Å². The number of hydrogen-bond donors (Lipinski definition) is 1. The van der Waals surface area contributed by atoms with E-state index in [9.17, 15) is 14.9 Å². The van der Waals surface area contributed by atoms with Crippen LogP contribution in [-0.4, -0.2) is 26.7 Å². The molecule has 0 aromatic heterocycles. The maximum absolute atomic E-state index is 12.6. The van der Waals surface area contributed by atoms with E-state index in [1.807, 2.05) is 24.3 Å². The maximum Gasteiger partial charge on any atom is 0.269 e. The zero-order chi connectivity index (χ0) is 18.7. The number of carbonyl (C=O) groups excluding carboxylic acids is 1. The number of anilines is 1. The molecule has 132 valence electrons. The number of amides is 1. The van der Waals surface area contributed by atoms with E-state index in [1.165, 1.54) is 28.8 Å². The highest BCUT2D eigenvalue weighted by Gasteiger charge is 2.31. The molecule has 6 nitrogen and oxygen atoms in total. The second-order valence-electron chi connectivity index (χ2n) is 5.30. The van der Waals surface area contributed by atoms with Gasteiger partial charge in [0.1, 0.15) is 4.32 Å². The van der Waals surface area contributed by atoms with Gasteiger partial charge in [0.05, 0.1) is 16.5 Å². The summed E-state index contributed by atoms with van der Waals surface area (Å²) in [5.41, 5.74) is 1.59. The summed E-state index contributed by atoms with van der Waals surface area (Å²) in [6.45, 7) is 0.268. The van der Waals surface area contributed by atoms with Crippen LogP contribution in [-0.2, 0) is 4.79 Å². The number of nitro groups is 1. The van der Waals surface area contributed by atoms with Crippen LogP contribution in [0.5, 0.6) is 0 Å². The molecule has 1 aliphatic heterocycles. The van der Waals surface area contributed by atoms with Gasteiger partial charge < -0.3 is 5.32 Å². The molecule has 0 spiro atoms. The highest BCUT2D eigenvalue weighted by Crippen LogP contribution is 2.32. The quantitative estimate of drug-likeness (QED) is 0.310. The molecule has 2 aromatic carbocycles. The molecule has 0 saturated carbocycles. The van der Waals surface area contributed by atoms with E-state index < -0.39 is 4.92 Å². The van der Waals surface area contributed by atoms with E-state index >= 15 is 0 Å². The first-order valence-corrected chi connectivity index (χ1v) is 9.45. The Morgan fingerprint density at radius 3 is 2.46 bits per heavy atom. The standard InChI is InChI=1S/C17H12BrN3O3S2/c18-12-3-5-13(6-4-12)19-10-20-16(22)15(26-17(20)25)9-11-1-7-14(8-2-11)21(23)24/h1-9,19H,10H2/b15-9+. The first kappa shape index (κ1) is 18.6. The summed E-state index contributed by atoms with van der Waals surface area (Å²) in [7, 11) is 0. The van der Waals surface area contributed by atoms with Crippen molar-refractivity contribution < 1.29 is 9.72 Å². The van der Waals surface area contributed by atoms with Crippen LogP contribution >= 0.6 is 39.9 Å². The third-order valence-electron chi connectivity index (χ3n) is 3.56. The SMILES string of the molecule is O=C1/C(=C\c2ccc([N+](=O)[O-])cc2)SC(=S)N1CNc1ccc(Br)cc1. The van der Waals surface area contributed by atoms with Gasteiger partial charge in [-0.25, -0.2) is 0 Å². The van der Waals surface area contributed by atoms with Crippen LogP contribution in [0.2, 0.25) is 0 Å². The van der Waals surface area contributed by atoms with Crippen LogP contribution in [0.4, 0.5) is 11.4 Å². The average Bonchev–Trinajstić information content (AvgIpc) is 2.88. The maximum atomic E-state index is 12.6. The van der Waals surface area contributed by atoms with Gasteiger partial charge in [-0.1, -0.05) is 39.9 Å². The smallest absolute Gasteiger partial charge is 0.269 e. The number of benzene rings is 2. The van der Waals surface area contributed by atoms with Crippen molar-refractivity contribution in [3.8, 4) is 0 Å². The van der Waals surface area contributed by atoms with E-state index in [0.29, 0.717) is 14.8 Å². The molecular weight excluding hydrogens is 438 g/mol. The third-order valence-corrected chi connectivity index (χ3v) is 5.47. The van der Waals surface area contributed by atoms with Crippen LogP contribution in [0.25, 0.3) is 6.08 Å². The van der Waals surface area contributed by atoms with Gasteiger partial charge in [0.25, 0.3) is 11.6 Å². The average molecular weight is 450 g/mol. The Morgan fingerprint density at radius 1 is 1.19 bits per heavy atom. The topological polar surface area (TPSA) is 75.5 Å². The van der Waals surface area contributed by atoms with Crippen LogP contribution in [0.3, 0.4) is 0 Å². The van der Waals surface area contributed by atoms with Crippen molar-refractivity contribution in [3.05, 3.63) is 73.6 Å². The van der Waals surface area contributed by atoms with E-state index in [2.05, 4.69) is 21.2 Å². The fourth-order valence-corrected chi connectivity index (χ4v) is 3.74. The van der Waals surface area contributed by atoms with Gasteiger partial charge >= 0.3 is 0 Å². The van der Waals surface area contributed by atoms with Crippen molar-refractivity contribution >= 4 is 67.6 Å². The molecular formula is C17H12BrN3O3S2. The summed E-state index contributed by atoms with van der Waals surface area (Å²) < 4.78 is 1.44. The number of halogens is 1. The second-order valence-corrected chi connectivity index (χ2v) is 7.89. The molecule has 1 N–H and O–H groups in total. The summed E-state index contributed by atoms with van der Waals surface area (Å²) >= 11 is 9.88. The molecule has 0 aliphatic carbocycles. The molecule has 0 bridgehead atoms. The molecule has 9 heteroatoms. The number of thioether (sulfide) groups is 1. The lowest BCUT2D eigenvalue weighted by molar-refractivity contribution is -0.384. The molecule has 1 saturated heterocycles. The third kappa shape index (κ3) is 4.29. The summed E-state index contributed by atoms with van der Waals surface area (Å²) in [6, 6.07) is 13.6. The van der Waals surface area contributed by atoms with Crippen LogP contribution in [0.15, 0.2) is 57.9 Å². The number of carbonyl (C=O) groups is 1. The largest absolute Gasteiger partial charge is 0.367 e. The lowest BCUT2D eigenvalue weighted by Crippen LogP contribution is -2.33. The number of rotatable bonds is 5. The summed E-state index contributed by atoms with van der Waals surface area (Å²) in [5.74, 6) is -0.192. The van der Waals surface area contributed by atoms with Crippen LogP contribution in [0, 0.1) is 10.1 Å². The van der Waals surface area contributed by atoms with E-state index in [-0.39, 0.29) is 18.3 Å². The highest BCUT2D eigenvalue weighted by molar-refractivity contribution is 9.10. The Labute approximate surface area is 167 Å². The zero-order valence-corrected chi connectivity index (χ0v) is 16.4. The normalized spacial score (nSPS) is 15.6. The number of nitro benzene ring substituents is 1. The van der Waals surface area contributed by atoms with E-state index in [4.69, 9.17) is 12.2 Å². The molecule has 0 atom stereocenters. The molecule has 3 rings (SSSR count). The minimum Gasteiger partial charge on any atom is -0.367 e. The van der Waals surface area contributed by atoms with Crippen molar-refractivity contribution in [1.29, 1.82) is 0 Å². The number of nitrogens with one attached hydrogen (secondary N) is 1. The first-order chi connectivity index (χ1) is 12.4. The van der Waals surface area contributed by atoms with Crippen molar-refractivity contribution in [2.45, 2.75) is 0 Å². The molecule has 1 aliphatic rings. The lowest BCUT2D eigenvalue weighted by Gasteiger charge is -2.16. The summed E-state index contributed by atoms with van der Waals surface area (Å²) in [6.07, 6.45) is 1.68. The van der Waals surface area contributed by atoms with Gasteiger partial charge in [-0.2, -0.15) is 0 Å². The minimum absolute atomic E-state index is 0.00777. The Morgan fingerprint density at radius 2 is 1.85 bits per heavy atom. The lowest BCUT2D eigenvalue weighted by atomic mass is 10.2. The van der Waals surface area contributed by atoms with E-state index in [1.54, 1.807) is 18.2 Å². The Hall–Kier alpha value is -2.23. The van der Waals surface area contributed by atoms with Gasteiger partial charge in [0.2, 0.25) is 0 Å². The number of non-ortho nitro benzene ring substituents is 1. The highest BCUT2D eigenvalue weighted by atomic mass is 79.9.